The van der Waals surface area contributed by atoms with Crippen LogP contribution >= 0.6 is 22.9 Å². The van der Waals surface area contributed by atoms with Gasteiger partial charge in [-0.3, -0.25) is 14.7 Å². The molecule has 138 valence electrons. The lowest BCUT2D eigenvalue weighted by atomic mass is 10.2. The predicted octanol–water partition coefficient (Wildman–Crippen LogP) is 4.07. The second-order valence-corrected chi connectivity index (χ2v) is 7.35. The van der Waals surface area contributed by atoms with Gasteiger partial charge in [0.05, 0.1) is 22.5 Å². The number of thiazole rings is 1. The summed E-state index contributed by atoms with van der Waals surface area (Å²) in [6.45, 7) is 2.95. The van der Waals surface area contributed by atoms with Gasteiger partial charge in [0.15, 0.2) is 5.13 Å². The van der Waals surface area contributed by atoms with Crippen LogP contribution in [0.3, 0.4) is 0 Å². The van der Waals surface area contributed by atoms with E-state index >= 15 is 0 Å². The number of benzene rings is 1. The molecule has 0 bridgehead atoms. The van der Waals surface area contributed by atoms with Gasteiger partial charge in [-0.1, -0.05) is 29.0 Å². The maximum Gasteiger partial charge on any atom is 0.298 e. The number of carbonyl (C=O) groups is 1. The number of ether oxygens (including phenoxy) is 2. The van der Waals surface area contributed by atoms with Crippen LogP contribution in [0, 0.1) is 6.92 Å². The molecular formula is C19H16ClN3O3S. The average molecular weight is 402 g/mol. The van der Waals surface area contributed by atoms with E-state index in [0.29, 0.717) is 23.4 Å². The van der Waals surface area contributed by atoms with Crippen LogP contribution in [-0.4, -0.2) is 29.1 Å². The molecule has 3 aromatic rings. The Morgan fingerprint density at radius 2 is 2.19 bits per heavy atom. The second-order valence-electron chi connectivity index (χ2n) is 5.93. The molecule has 3 heterocycles. The SMILES string of the molecule is Cc1c(Cl)ccc2sc(N(Cc3ccccn3)C(=O)C3=COCCO3)nc12. The van der Waals surface area contributed by atoms with Crippen molar-refractivity contribution >= 4 is 44.2 Å². The zero-order valence-corrected chi connectivity index (χ0v) is 16.1. The van der Waals surface area contributed by atoms with E-state index in [1.807, 2.05) is 37.3 Å². The summed E-state index contributed by atoms with van der Waals surface area (Å²) in [6.07, 6.45) is 3.05. The molecule has 0 saturated heterocycles. The lowest BCUT2D eigenvalue weighted by Gasteiger charge is -2.22. The Hall–Kier alpha value is -2.64. The van der Waals surface area contributed by atoms with Gasteiger partial charge in [0.25, 0.3) is 5.91 Å². The Bertz CT molecular complexity index is 1020. The van der Waals surface area contributed by atoms with Crippen LogP contribution in [0.5, 0.6) is 0 Å². The van der Waals surface area contributed by atoms with Gasteiger partial charge in [-0.2, -0.15) is 0 Å². The van der Waals surface area contributed by atoms with Crippen molar-refractivity contribution in [2.45, 2.75) is 13.5 Å². The highest BCUT2D eigenvalue weighted by Gasteiger charge is 2.27. The van der Waals surface area contributed by atoms with E-state index in [4.69, 9.17) is 21.1 Å². The first-order valence-corrected chi connectivity index (χ1v) is 9.55. The fraction of sp³-hybridized carbons (Fsp3) is 0.211. The summed E-state index contributed by atoms with van der Waals surface area (Å²) < 4.78 is 11.7. The van der Waals surface area contributed by atoms with Gasteiger partial charge in [-0.25, -0.2) is 4.98 Å². The van der Waals surface area contributed by atoms with Crippen LogP contribution < -0.4 is 4.90 Å². The van der Waals surface area contributed by atoms with Crippen LogP contribution in [-0.2, 0) is 20.8 Å². The maximum absolute atomic E-state index is 13.1. The largest absolute Gasteiger partial charge is 0.494 e. The van der Waals surface area contributed by atoms with E-state index in [2.05, 4.69) is 9.97 Å². The van der Waals surface area contributed by atoms with Crippen molar-refractivity contribution in [2.24, 2.45) is 0 Å². The molecule has 8 heteroatoms. The topological polar surface area (TPSA) is 64.6 Å². The minimum Gasteiger partial charge on any atom is -0.494 e. The molecule has 1 aliphatic heterocycles. The van der Waals surface area contributed by atoms with Crippen molar-refractivity contribution < 1.29 is 14.3 Å². The van der Waals surface area contributed by atoms with Crippen molar-refractivity contribution in [3.05, 3.63) is 64.8 Å². The zero-order chi connectivity index (χ0) is 18.8. The molecule has 0 unspecified atom stereocenters. The summed E-state index contributed by atoms with van der Waals surface area (Å²) in [5, 5.41) is 1.20. The average Bonchev–Trinajstić information content (AvgIpc) is 3.15. The molecule has 2 aromatic heterocycles. The molecule has 0 N–H and O–H groups in total. The molecule has 0 radical (unpaired) electrons. The van der Waals surface area contributed by atoms with Gasteiger partial charge >= 0.3 is 0 Å². The molecule has 1 aromatic carbocycles. The zero-order valence-electron chi connectivity index (χ0n) is 14.5. The van der Waals surface area contributed by atoms with Gasteiger partial charge in [0.1, 0.15) is 19.5 Å². The first kappa shape index (κ1) is 17.8. The Labute approximate surface area is 165 Å². The molecule has 6 nitrogen and oxygen atoms in total. The number of fused-ring (bicyclic) bond motifs is 1. The smallest absolute Gasteiger partial charge is 0.298 e. The van der Waals surface area contributed by atoms with Gasteiger partial charge in [-0.15, -0.1) is 0 Å². The number of aryl methyl sites for hydroxylation is 1. The highest BCUT2D eigenvalue weighted by atomic mass is 35.5. The number of halogens is 1. The van der Waals surface area contributed by atoms with Crippen LogP contribution in [0.15, 0.2) is 48.5 Å². The van der Waals surface area contributed by atoms with E-state index in [-0.39, 0.29) is 18.2 Å². The number of nitrogens with zero attached hydrogens (tertiary/aromatic N) is 3. The Morgan fingerprint density at radius 1 is 1.30 bits per heavy atom. The summed E-state index contributed by atoms with van der Waals surface area (Å²) in [5.41, 5.74) is 2.42. The lowest BCUT2D eigenvalue weighted by Crippen LogP contribution is -2.34. The lowest BCUT2D eigenvalue weighted by molar-refractivity contribution is -0.120. The molecule has 1 aliphatic rings. The Kier molecular flexibility index (Phi) is 4.96. The van der Waals surface area contributed by atoms with Gasteiger partial charge < -0.3 is 9.47 Å². The highest BCUT2D eigenvalue weighted by molar-refractivity contribution is 7.22. The monoisotopic (exact) mass is 401 g/mol. The predicted molar refractivity (Wildman–Crippen MR) is 105 cm³/mol. The molecule has 0 saturated carbocycles. The highest BCUT2D eigenvalue weighted by Crippen LogP contribution is 2.34. The number of rotatable bonds is 4. The number of pyridine rings is 1. The molecule has 0 atom stereocenters. The minimum absolute atomic E-state index is 0.159. The van der Waals surface area contributed by atoms with Crippen LogP contribution in [0.4, 0.5) is 5.13 Å². The summed E-state index contributed by atoms with van der Waals surface area (Å²) in [5.74, 6) is -0.158. The van der Waals surface area contributed by atoms with E-state index < -0.39 is 0 Å². The number of carbonyl (C=O) groups excluding carboxylic acids is 1. The number of aromatic nitrogens is 2. The van der Waals surface area contributed by atoms with Crippen molar-refractivity contribution in [2.75, 3.05) is 18.1 Å². The quantitative estimate of drug-likeness (QED) is 0.659. The molecule has 0 spiro atoms. The summed E-state index contributed by atoms with van der Waals surface area (Å²) in [6, 6.07) is 9.33. The normalized spacial score (nSPS) is 13.6. The molecule has 0 aliphatic carbocycles. The van der Waals surface area contributed by atoms with E-state index in [1.54, 1.807) is 11.1 Å². The third kappa shape index (κ3) is 3.61. The molecule has 0 fully saturated rings. The second kappa shape index (κ2) is 7.54. The number of hydrogen-bond donors (Lipinski definition) is 0. The van der Waals surface area contributed by atoms with Crippen LogP contribution in [0.2, 0.25) is 5.02 Å². The van der Waals surface area contributed by atoms with Crippen molar-refractivity contribution in [1.29, 1.82) is 0 Å². The maximum atomic E-state index is 13.1. The van der Waals surface area contributed by atoms with E-state index in [9.17, 15) is 4.79 Å². The fourth-order valence-electron chi connectivity index (χ4n) is 2.70. The molecule has 1 amide bonds. The number of anilines is 1. The number of hydrogen-bond acceptors (Lipinski definition) is 6. The van der Waals surface area contributed by atoms with Crippen molar-refractivity contribution in [1.82, 2.24) is 9.97 Å². The van der Waals surface area contributed by atoms with Gasteiger partial charge in [0.2, 0.25) is 5.76 Å². The number of amides is 1. The Balaban J connectivity index is 1.76. The van der Waals surface area contributed by atoms with Crippen molar-refractivity contribution in [3.8, 4) is 0 Å². The van der Waals surface area contributed by atoms with E-state index in [0.717, 1.165) is 21.5 Å². The Morgan fingerprint density at radius 3 is 2.93 bits per heavy atom. The summed E-state index contributed by atoms with van der Waals surface area (Å²) in [7, 11) is 0. The summed E-state index contributed by atoms with van der Waals surface area (Å²) in [4.78, 5) is 23.7. The van der Waals surface area contributed by atoms with Crippen LogP contribution in [0.25, 0.3) is 10.2 Å². The molecule has 27 heavy (non-hydrogen) atoms. The third-order valence-corrected chi connectivity index (χ3v) is 5.57. The molecular weight excluding hydrogens is 386 g/mol. The fourth-order valence-corrected chi connectivity index (χ4v) is 3.87. The van der Waals surface area contributed by atoms with E-state index in [1.165, 1.54) is 17.6 Å². The first-order chi connectivity index (χ1) is 13.1. The minimum atomic E-state index is -0.317. The molecule has 4 rings (SSSR count). The van der Waals surface area contributed by atoms with Gasteiger partial charge in [-0.05, 0) is 36.8 Å². The van der Waals surface area contributed by atoms with Crippen LogP contribution in [0.1, 0.15) is 11.3 Å². The van der Waals surface area contributed by atoms with Gasteiger partial charge in [0, 0.05) is 11.2 Å². The summed E-state index contributed by atoms with van der Waals surface area (Å²) >= 11 is 7.64. The standard InChI is InChI=1S/C19H16ClN3O3S/c1-12-14(20)5-6-16-17(12)22-19(27-16)23(10-13-4-2-3-7-21-13)18(24)15-11-25-8-9-26-15/h2-7,11H,8-10H2,1H3. The third-order valence-electron chi connectivity index (χ3n) is 4.12. The van der Waals surface area contributed by atoms with Crippen molar-refractivity contribution in [3.63, 3.8) is 0 Å². The first-order valence-electron chi connectivity index (χ1n) is 8.35.